The van der Waals surface area contributed by atoms with Crippen LogP contribution in [0.15, 0.2) is 48.7 Å². The van der Waals surface area contributed by atoms with Crippen molar-refractivity contribution in [3.05, 3.63) is 54.2 Å². The van der Waals surface area contributed by atoms with E-state index in [1.165, 1.54) is 25.4 Å². The molecule has 0 unspecified atom stereocenters. The molecular formula is C18H16F3N5O2. The molecule has 1 aromatic heterocycles. The first-order valence-electron chi connectivity index (χ1n) is 8.02. The van der Waals surface area contributed by atoms with Crippen molar-refractivity contribution < 1.29 is 22.6 Å². The maximum Gasteiger partial charge on any atom is 0.416 e. The highest BCUT2D eigenvalue weighted by atomic mass is 19.4. The lowest BCUT2D eigenvalue weighted by atomic mass is 10.2. The van der Waals surface area contributed by atoms with E-state index >= 15 is 0 Å². The fourth-order valence-corrected chi connectivity index (χ4v) is 2.33. The molecule has 0 bridgehead atoms. The molecule has 0 fully saturated rings. The minimum atomic E-state index is -4.39. The molecule has 0 spiro atoms. The summed E-state index contributed by atoms with van der Waals surface area (Å²) in [5.74, 6) is 1.66. The van der Waals surface area contributed by atoms with Gasteiger partial charge >= 0.3 is 6.18 Å². The number of rotatable bonds is 6. The van der Waals surface area contributed by atoms with Gasteiger partial charge in [0.15, 0.2) is 5.82 Å². The SMILES string of the molecule is COc1ccc(Nc2cnnc(Nc3ccc(C(F)(F)F)cc3)n2)c(OC)c1. The van der Waals surface area contributed by atoms with Gasteiger partial charge in [0, 0.05) is 11.8 Å². The lowest BCUT2D eigenvalue weighted by Crippen LogP contribution is -2.05. The highest BCUT2D eigenvalue weighted by Gasteiger charge is 2.29. The summed E-state index contributed by atoms with van der Waals surface area (Å²) < 4.78 is 48.4. The Morgan fingerprint density at radius 2 is 1.68 bits per heavy atom. The predicted molar refractivity (Wildman–Crippen MR) is 97.4 cm³/mol. The number of methoxy groups -OCH3 is 2. The quantitative estimate of drug-likeness (QED) is 0.645. The Labute approximate surface area is 158 Å². The molecular weight excluding hydrogens is 375 g/mol. The second-order valence-corrected chi connectivity index (χ2v) is 5.56. The van der Waals surface area contributed by atoms with Crippen LogP contribution < -0.4 is 20.1 Å². The number of hydrogen-bond acceptors (Lipinski definition) is 7. The van der Waals surface area contributed by atoms with Crippen LogP contribution in [0.4, 0.5) is 36.3 Å². The van der Waals surface area contributed by atoms with Gasteiger partial charge in [-0.25, -0.2) is 0 Å². The Kier molecular flexibility index (Phi) is 5.48. The van der Waals surface area contributed by atoms with Crippen molar-refractivity contribution in [1.29, 1.82) is 0 Å². The molecule has 28 heavy (non-hydrogen) atoms. The van der Waals surface area contributed by atoms with Crippen molar-refractivity contribution in [2.45, 2.75) is 6.18 Å². The lowest BCUT2D eigenvalue weighted by molar-refractivity contribution is -0.137. The number of alkyl halides is 3. The van der Waals surface area contributed by atoms with Crippen LogP contribution in [0.2, 0.25) is 0 Å². The van der Waals surface area contributed by atoms with Crippen LogP contribution in [0.25, 0.3) is 0 Å². The van der Waals surface area contributed by atoms with E-state index in [-0.39, 0.29) is 5.95 Å². The van der Waals surface area contributed by atoms with Gasteiger partial charge < -0.3 is 20.1 Å². The highest BCUT2D eigenvalue weighted by Crippen LogP contribution is 2.32. The number of anilines is 4. The van der Waals surface area contributed by atoms with Gasteiger partial charge in [0.25, 0.3) is 0 Å². The smallest absolute Gasteiger partial charge is 0.416 e. The highest BCUT2D eigenvalue weighted by molar-refractivity contribution is 5.66. The summed E-state index contributed by atoms with van der Waals surface area (Å²) in [4.78, 5) is 4.25. The Balaban J connectivity index is 1.76. The number of nitrogens with one attached hydrogen (secondary N) is 2. The molecule has 0 radical (unpaired) electrons. The molecule has 0 aliphatic carbocycles. The van der Waals surface area contributed by atoms with Crippen molar-refractivity contribution in [1.82, 2.24) is 15.2 Å². The zero-order chi connectivity index (χ0) is 20.1. The summed E-state index contributed by atoms with van der Waals surface area (Å²) in [6, 6.07) is 9.74. The third-order valence-corrected chi connectivity index (χ3v) is 3.70. The summed E-state index contributed by atoms with van der Waals surface area (Å²) in [5.41, 5.74) is 0.289. The Morgan fingerprint density at radius 3 is 2.32 bits per heavy atom. The molecule has 10 heteroatoms. The monoisotopic (exact) mass is 391 g/mol. The van der Waals surface area contributed by atoms with Gasteiger partial charge in [0.2, 0.25) is 5.95 Å². The minimum Gasteiger partial charge on any atom is -0.497 e. The molecule has 0 aliphatic rings. The lowest BCUT2D eigenvalue weighted by Gasteiger charge is -2.12. The van der Waals surface area contributed by atoms with Crippen LogP contribution in [0.5, 0.6) is 11.5 Å². The number of benzene rings is 2. The van der Waals surface area contributed by atoms with E-state index in [2.05, 4.69) is 25.8 Å². The largest absolute Gasteiger partial charge is 0.497 e. The normalized spacial score (nSPS) is 11.0. The average molecular weight is 391 g/mol. The maximum absolute atomic E-state index is 12.6. The van der Waals surface area contributed by atoms with Crippen molar-refractivity contribution in [2.75, 3.05) is 24.9 Å². The maximum atomic E-state index is 12.6. The molecule has 0 atom stereocenters. The number of halogens is 3. The van der Waals surface area contributed by atoms with E-state index in [0.29, 0.717) is 28.7 Å². The van der Waals surface area contributed by atoms with Crippen molar-refractivity contribution >= 4 is 23.1 Å². The molecule has 2 aromatic carbocycles. The molecule has 0 aliphatic heterocycles. The summed E-state index contributed by atoms with van der Waals surface area (Å²) in [5, 5.41) is 13.5. The third-order valence-electron chi connectivity index (χ3n) is 3.70. The molecule has 3 rings (SSSR count). The molecule has 0 saturated carbocycles. The van der Waals surface area contributed by atoms with E-state index in [4.69, 9.17) is 9.47 Å². The van der Waals surface area contributed by atoms with Gasteiger partial charge in [0.05, 0.1) is 31.7 Å². The first-order valence-corrected chi connectivity index (χ1v) is 8.02. The number of ether oxygens (including phenoxy) is 2. The van der Waals surface area contributed by atoms with Crippen molar-refractivity contribution in [3.8, 4) is 11.5 Å². The van der Waals surface area contributed by atoms with Crippen LogP contribution in [0.3, 0.4) is 0 Å². The van der Waals surface area contributed by atoms with E-state index < -0.39 is 11.7 Å². The fraction of sp³-hybridized carbons (Fsp3) is 0.167. The van der Waals surface area contributed by atoms with Crippen LogP contribution in [0.1, 0.15) is 5.56 Å². The van der Waals surface area contributed by atoms with Gasteiger partial charge in [-0.15, -0.1) is 5.10 Å². The minimum absolute atomic E-state index is 0.122. The molecule has 146 valence electrons. The van der Waals surface area contributed by atoms with Gasteiger partial charge in [0.1, 0.15) is 11.5 Å². The van der Waals surface area contributed by atoms with Crippen LogP contribution >= 0.6 is 0 Å². The van der Waals surface area contributed by atoms with Gasteiger partial charge in [-0.2, -0.15) is 23.3 Å². The van der Waals surface area contributed by atoms with Crippen molar-refractivity contribution in [2.24, 2.45) is 0 Å². The average Bonchev–Trinajstić information content (AvgIpc) is 2.68. The molecule has 3 aromatic rings. The zero-order valence-corrected chi connectivity index (χ0v) is 14.9. The van der Waals surface area contributed by atoms with Crippen LogP contribution in [-0.2, 0) is 6.18 Å². The second-order valence-electron chi connectivity index (χ2n) is 5.56. The van der Waals surface area contributed by atoms with E-state index in [1.54, 1.807) is 25.3 Å². The number of aromatic nitrogens is 3. The summed E-state index contributed by atoms with van der Waals surface area (Å²) in [7, 11) is 3.07. The Hall–Kier alpha value is -3.56. The third kappa shape index (κ3) is 4.58. The predicted octanol–water partition coefficient (Wildman–Crippen LogP) is 4.39. The molecule has 0 saturated heterocycles. The van der Waals surface area contributed by atoms with Crippen molar-refractivity contribution in [3.63, 3.8) is 0 Å². The second kappa shape index (κ2) is 7.99. The van der Waals surface area contributed by atoms with Crippen LogP contribution in [0, 0.1) is 0 Å². The van der Waals surface area contributed by atoms with E-state index in [1.807, 2.05) is 0 Å². The molecule has 2 N–H and O–H groups in total. The van der Waals surface area contributed by atoms with Crippen LogP contribution in [-0.4, -0.2) is 29.4 Å². The fourth-order valence-electron chi connectivity index (χ4n) is 2.33. The Bertz CT molecular complexity index is 949. The van der Waals surface area contributed by atoms with Gasteiger partial charge in [-0.1, -0.05) is 0 Å². The zero-order valence-electron chi connectivity index (χ0n) is 14.9. The first kappa shape index (κ1) is 19.2. The first-order chi connectivity index (χ1) is 13.4. The van der Waals surface area contributed by atoms with Gasteiger partial charge in [-0.05, 0) is 36.4 Å². The summed E-state index contributed by atoms with van der Waals surface area (Å²) in [6.45, 7) is 0. The number of hydrogen-bond donors (Lipinski definition) is 2. The molecule has 1 heterocycles. The topological polar surface area (TPSA) is 81.2 Å². The molecule has 0 amide bonds. The standard InChI is InChI=1S/C18H16F3N5O2/c1-27-13-7-8-14(15(9-13)28-2)24-16-10-22-26-17(25-16)23-12-5-3-11(4-6-12)18(19,20)21/h3-10H,1-2H3,(H2,23,24,25,26). The Morgan fingerprint density at radius 1 is 0.929 bits per heavy atom. The van der Waals surface area contributed by atoms with E-state index in [0.717, 1.165) is 12.1 Å². The summed E-state index contributed by atoms with van der Waals surface area (Å²) >= 11 is 0. The summed E-state index contributed by atoms with van der Waals surface area (Å²) in [6.07, 6.45) is -2.99. The van der Waals surface area contributed by atoms with E-state index in [9.17, 15) is 13.2 Å². The molecule has 7 nitrogen and oxygen atoms in total. The number of nitrogens with zero attached hydrogens (tertiary/aromatic N) is 3. The van der Waals surface area contributed by atoms with Gasteiger partial charge in [-0.3, -0.25) is 0 Å².